The maximum Gasteiger partial charge on any atom is 0.295 e. The van der Waals surface area contributed by atoms with Crippen molar-refractivity contribution < 1.29 is 19.4 Å². The van der Waals surface area contributed by atoms with E-state index in [1.54, 1.807) is 42.6 Å². The van der Waals surface area contributed by atoms with Crippen molar-refractivity contribution >= 4 is 17.4 Å². The van der Waals surface area contributed by atoms with E-state index in [2.05, 4.69) is 44.5 Å². The van der Waals surface area contributed by atoms with Crippen molar-refractivity contribution in [3.05, 3.63) is 65.0 Å². The van der Waals surface area contributed by atoms with Crippen LogP contribution in [0.15, 0.2) is 48.3 Å². The van der Waals surface area contributed by atoms with Crippen LogP contribution in [0.5, 0.6) is 5.75 Å². The number of Topliss-reactive ketones (excluding diaryl/α,β-unsaturated/α-hetero) is 1. The van der Waals surface area contributed by atoms with E-state index in [0.29, 0.717) is 30.0 Å². The number of hydrogen-bond donors (Lipinski definition) is 1. The minimum absolute atomic E-state index is 0.0857. The molecule has 0 saturated carbocycles. The Morgan fingerprint density at radius 1 is 1.18 bits per heavy atom. The van der Waals surface area contributed by atoms with E-state index in [-0.39, 0.29) is 16.7 Å². The quantitative estimate of drug-likeness (QED) is 0.358. The Morgan fingerprint density at radius 3 is 2.44 bits per heavy atom. The fourth-order valence-corrected chi connectivity index (χ4v) is 4.38. The topological polar surface area (TPSA) is 83.0 Å². The number of nitrogens with zero attached hydrogens (tertiary/aromatic N) is 3. The van der Waals surface area contributed by atoms with Gasteiger partial charge in [-0.2, -0.15) is 0 Å². The first-order chi connectivity index (χ1) is 16.1. The SMILES string of the molecule is CCN(CC)CCN1C(=O)C(=O)/C(=C(\O)c2ccc(OC)c(C(C)(C)C)c2)C1c1cccnc1. The third kappa shape index (κ3) is 4.99. The number of methoxy groups -OCH3 is 1. The molecule has 1 fully saturated rings. The summed E-state index contributed by atoms with van der Waals surface area (Å²) < 4.78 is 5.51. The number of ether oxygens (including phenoxy) is 1. The van der Waals surface area contributed by atoms with Crippen LogP contribution in [-0.4, -0.2) is 64.9 Å². The summed E-state index contributed by atoms with van der Waals surface area (Å²) in [6.07, 6.45) is 3.29. The van der Waals surface area contributed by atoms with Crippen LogP contribution < -0.4 is 4.74 Å². The van der Waals surface area contributed by atoms with Gasteiger partial charge < -0.3 is 19.6 Å². The summed E-state index contributed by atoms with van der Waals surface area (Å²) in [5, 5.41) is 11.4. The van der Waals surface area contributed by atoms with Crippen LogP contribution in [0, 0.1) is 0 Å². The lowest BCUT2D eigenvalue weighted by atomic mass is 9.84. The summed E-state index contributed by atoms with van der Waals surface area (Å²) in [7, 11) is 1.61. The Labute approximate surface area is 202 Å². The van der Waals surface area contributed by atoms with Gasteiger partial charge in [0.05, 0.1) is 18.7 Å². The normalized spacial score (nSPS) is 18.1. The molecule has 0 aliphatic carbocycles. The van der Waals surface area contributed by atoms with Crippen LogP contribution in [-0.2, 0) is 15.0 Å². The Balaban J connectivity index is 2.14. The minimum Gasteiger partial charge on any atom is -0.507 e. The van der Waals surface area contributed by atoms with Gasteiger partial charge >= 0.3 is 0 Å². The molecule has 1 amide bonds. The van der Waals surface area contributed by atoms with Crippen molar-refractivity contribution in [2.24, 2.45) is 0 Å². The molecule has 7 heteroatoms. The number of aliphatic hydroxyl groups is 1. The van der Waals surface area contributed by atoms with Gasteiger partial charge in [0, 0.05) is 36.6 Å². The Bertz CT molecular complexity index is 1070. The molecule has 2 aromatic rings. The fourth-order valence-electron chi connectivity index (χ4n) is 4.38. The molecule has 1 aromatic heterocycles. The number of amides is 1. The molecule has 1 N–H and O–H groups in total. The minimum atomic E-state index is -0.704. The van der Waals surface area contributed by atoms with Crippen LogP contribution >= 0.6 is 0 Å². The van der Waals surface area contributed by atoms with Crippen LogP contribution in [0.1, 0.15) is 57.4 Å². The largest absolute Gasteiger partial charge is 0.507 e. The smallest absolute Gasteiger partial charge is 0.295 e. The molecule has 34 heavy (non-hydrogen) atoms. The summed E-state index contributed by atoms with van der Waals surface area (Å²) >= 11 is 0. The van der Waals surface area contributed by atoms with Crippen LogP contribution in [0.2, 0.25) is 0 Å². The molecule has 7 nitrogen and oxygen atoms in total. The number of rotatable bonds is 8. The van der Waals surface area contributed by atoms with Crippen LogP contribution in [0.25, 0.3) is 5.76 Å². The van der Waals surface area contributed by atoms with Gasteiger partial charge in [0.2, 0.25) is 0 Å². The molecule has 2 heterocycles. The Morgan fingerprint density at radius 2 is 1.88 bits per heavy atom. The van der Waals surface area contributed by atoms with Crippen molar-refractivity contribution in [3.63, 3.8) is 0 Å². The zero-order valence-corrected chi connectivity index (χ0v) is 21.0. The third-order valence-corrected chi connectivity index (χ3v) is 6.37. The number of ketones is 1. The number of hydrogen-bond acceptors (Lipinski definition) is 6. The number of carbonyl (C=O) groups excluding carboxylic acids is 2. The summed E-state index contributed by atoms with van der Waals surface area (Å²) in [6, 6.07) is 8.22. The van der Waals surface area contributed by atoms with Gasteiger partial charge in [0.1, 0.15) is 11.5 Å². The zero-order chi connectivity index (χ0) is 25.0. The molecule has 1 atom stereocenters. The predicted molar refractivity (Wildman–Crippen MR) is 133 cm³/mol. The lowest BCUT2D eigenvalue weighted by Crippen LogP contribution is -2.38. The zero-order valence-electron chi connectivity index (χ0n) is 21.0. The standard InChI is InChI=1S/C27H35N3O4/c1-7-29(8-2)14-15-30-23(19-10-9-13-28-17-19)22(25(32)26(30)33)24(31)18-11-12-21(34-6)20(16-18)27(3,4)5/h9-13,16-17,23,31H,7-8,14-15H2,1-6H3/b24-22-. The molecular weight excluding hydrogens is 430 g/mol. The number of aromatic nitrogens is 1. The number of benzene rings is 1. The Hall–Kier alpha value is -3.19. The summed E-state index contributed by atoms with van der Waals surface area (Å²) in [4.78, 5) is 34.3. The molecule has 182 valence electrons. The molecule has 1 saturated heterocycles. The van der Waals surface area contributed by atoms with Gasteiger partial charge in [0.25, 0.3) is 11.7 Å². The third-order valence-electron chi connectivity index (χ3n) is 6.37. The van der Waals surface area contributed by atoms with E-state index >= 15 is 0 Å². The summed E-state index contributed by atoms with van der Waals surface area (Å²) in [5.74, 6) is -0.774. The second-order valence-corrected chi connectivity index (χ2v) is 9.47. The first-order valence-corrected chi connectivity index (χ1v) is 11.7. The van der Waals surface area contributed by atoms with Crippen molar-refractivity contribution in [2.45, 2.75) is 46.1 Å². The highest BCUT2D eigenvalue weighted by molar-refractivity contribution is 6.46. The second-order valence-electron chi connectivity index (χ2n) is 9.47. The highest BCUT2D eigenvalue weighted by Gasteiger charge is 2.46. The maximum atomic E-state index is 13.2. The van der Waals surface area contributed by atoms with E-state index in [4.69, 9.17) is 4.74 Å². The van der Waals surface area contributed by atoms with E-state index in [1.807, 2.05) is 12.1 Å². The summed E-state index contributed by atoms with van der Waals surface area (Å²) in [5.41, 5.74) is 1.89. The van der Waals surface area contributed by atoms with E-state index in [9.17, 15) is 14.7 Å². The molecule has 0 radical (unpaired) electrons. The number of likely N-dealkylation sites (tertiary alicyclic amines) is 1. The molecule has 0 bridgehead atoms. The molecule has 1 unspecified atom stereocenters. The molecule has 0 spiro atoms. The van der Waals surface area contributed by atoms with Gasteiger partial charge in [0.15, 0.2) is 0 Å². The van der Waals surface area contributed by atoms with Crippen molar-refractivity contribution in [2.75, 3.05) is 33.3 Å². The molecule has 1 aromatic carbocycles. The van der Waals surface area contributed by atoms with E-state index < -0.39 is 17.7 Å². The summed E-state index contributed by atoms with van der Waals surface area (Å²) in [6.45, 7) is 13.0. The van der Waals surface area contributed by atoms with Gasteiger partial charge in [-0.25, -0.2) is 0 Å². The first kappa shape index (κ1) is 25.4. The van der Waals surface area contributed by atoms with Gasteiger partial charge in [-0.05, 0) is 48.3 Å². The van der Waals surface area contributed by atoms with Gasteiger partial charge in [-0.1, -0.05) is 40.7 Å². The van der Waals surface area contributed by atoms with Crippen molar-refractivity contribution in [3.8, 4) is 5.75 Å². The first-order valence-electron chi connectivity index (χ1n) is 11.7. The van der Waals surface area contributed by atoms with Crippen molar-refractivity contribution in [1.29, 1.82) is 0 Å². The molecular formula is C27H35N3O4. The number of pyridine rings is 1. The second kappa shape index (κ2) is 10.4. The lowest BCUT2D eigenvalue weighted by molar-refractivity contribution is -0.140. The monoisotopic (exact) mass is 465 g/mol. The van der Waals surface area contributed by atoms with Gasteiger partial charge in [-0.15, -0.1) is 0 Å². The number of likely N-dealkylation sites (N-methyl/N-ethyl adjacent to an activating group) is 1. The lowest BCUT2D eigenvalue weighted by Gasteiger charge is -2.28. The highest BCUT2D eigenvalue weighted by atomic mass is 16.5. The Kier molecular flexibility index (Phi) is 7.77. The van der Waals surface area contributed by atoms with E-state index in [1.165, 1.54) is 0 Å². The van der Waals surface area contributed by atoms with Gasteiger partial charge in [-0.3, -0.25) is 14.6 Å². The predicted octanol–water partition coefficient (Wildman–Crippen LogP) is 4.15. The van der Waals surface area contributed by atoms with Crippen LogP contribution in [0.3, 0.4) is 0 Å². The average molecular weight is 466 g/mol. The number of aliphatic hydroxyl groups excluding tert-OH is 1. The van der Waals surface area contributed by atoms with Crippen molar-refractivity contribution in [1.82, 2.24) is 14.8 Å². The van der Waals surface area contributed by atoms with Crippen LogP contribution in [0.4, 0.5) is 0 Å². The molecule has 3 rings (SSSR count). The highest BCUT2D eigenvalue weighted by Crippen LogP contribution is 2.40. The average Bonchev–Trinajstić information content (AvgIpc) is 3.08. The number of carbonyl (C=O) groups is 2. The fraction of sp³-hybridized carbons (Fsp3) is 0.444. The van der Waals surface area contributed by atoms with E-state index in [0.717, 1.165) is 18.7 Å². The maximum absolute atomic E-state index is 13.2. The molecule has 1 aliphatic rings. The molecule has 1 aliphatic heterocycles.